The molecule has 0 radical (unpaired) electrons. The summed E-state index contributed by atoms with van der Waals surface area (Å²) in [5.74, 6) is 0. The molecule has 20 heavy (non-hydrogen) atoms. The zero-order chi connectivity index (χ0) is 14.9. The van der Waals surface area contributed by atoms with Gasteiger partial charge in [0, 0.05) is 5.56 Å². The molecule has 0 saturated carbocycles. The van der Waals surface area contributed by atoms with Crippen LogP contribution in [0.25, 0.3) is 11.3 Å². The summed E-state index contributed by atoms with van der Waals surface area (Å²) >= 11 is 11.8. The van der Waals surface area contributed by atoms with Crippen LogP contribution in [0.5, 0.6) is 0 Å². The first-order chi connectivity index (χ1) is 9.34. The third-order valence-corrected chi connectivity index (χ3v) is 3.33. The molecule has 0 saturated heterocycles. The zero-order valence-corrected chi connectivity index (χ0v) is 11.2. The number of halogens is 5. The van der Waals surface area contributed by atoms with Crippen LogP contribution in [-0.4, -0.2) is 4.98 Å². The van der Waals surface area contributed by atoms with Crippen LogP contribution in [-0.2, 0) is 6.18 Å². The third kappa shape index (κ3) is 2.72. The van der Waals surface area contributed by atoms with Gasteiger partial charge in [0.1, 0.15) is 11.8 Å². The van der Waals surface area contributed by atoms with Crippen molar-refractivity contribution in [3.63, 3.8) is 0 Å². The van der Waals surface area contributed by atoms with E-state index in [1.165, 1.54) is 18.2 Å². The number of hydrogen-bond acceptors (Lipinski definition) is 2. The van der Waals surface area contributed by atoms with E-state index < -0.39 is 11.9 Å². The minimum Gasteiger partial charge on any atom is -0.242 e. The fourth-order valence-electron chi connectivity index (χ4n) is 1.60. The van der Waals surface area contributed by atoms with Gasteiger partial charge in [-0.2, -0.15) is 18.4 Å². The van der Waals surface area contributed by atoms with E-state index in [2.05, 4.69) is 4.98 Å². The van der Waals surface area contributed by atoms with Gasteiger partial charge < -0.3 is 0 Å². The van der Waals surface area contributed by atoms with Gasteiger partial charge in [-0.25, -0.2) is 4.98 Å². The summed E-state index contributed by atoms with van der Waals surface area (Å²) in [5, 5.41) is 9.21. The van der Waals surface area contributed by atoms with E-state index in [0.29, 0.717) is 0 Å². The number of benzene rings is 1. The summed E-state index contributed by atoms with van der Waals surface area (Å²) in [6, 6.07) is 8.07. The smallest absolute Gasteiger partial charge is 0.242 e. The van der Waals surface area contributed by atoms with Crippen LogP contribution in [0.1, 0.15) is 11.3 Å². The summed E-state index contributed by atoms with van der Waals surface area (Å²) < 4.78 is 38.1. The molecule has 2 rings (SSSR count). The van der Waals surface area contributed by atoms with Crippen LogP contribution in [0.4, 0.5) is 13.2 Å². The summed E-state index contributed by atoms with van der Waals surface area (Å²) in [5.41, 5.74) is -1.07. The second kappa shape index (κ2) is 5.31. The van der Waals surface area contributed by atoms with Crippen LogP contribution in [0.3, 0.4) is 0 Å². The van der Waals surface area contributed by atoms with Crippen LogP contribution >= 0.6 is 23.2 Å². The van der Waals surface area contributed by atoms with Crippen molar-refractivity contribution in [2.24, 2.45) is 0 Å². The largest absolute Gasteiger partial charge is 0.433 e. The lowest BCUT2D eigenvalue weighted by Crippen LogP contribution is -2.09. The van der Waals surface area contributed by atoms with Crippen molar-refractivity contribution < 1.29 is 13.2 Å². The van der Waals surface area contributed by atoms with E-state index in [1.54, 1.807) is 6.07 Å². The summed E-state index contributed by atoms with van der Waals surface area (Å²) in [6.45, 7) is 0. The molecule has 0 aliphatic carbocycles. The first-order valence-electron chi connectivity index (χ1n) is 5.27. The fourth-order valence-corrected chi connectivity index (χ4v) is 1.99. The topological polar surface area (TPSA) is 36.7 Å². The average molecular weight is 317 g/mol. The predicted molar refractivity (Wildman–Crippen MR) is 69.4 cm³/mol. The van der Waals surface area contributed by atoms with E-state index in [0.717, 1.165) is 12.1 Å². The minimum atomic E-state index is -4.60. The molecule has 7 heteroatoms. The normalized spacial score (nSPS) is 11.2. The van der Waals surface area contributed by atoms with E-state index in [1.807, 2.05) is 0 Å². The summed E-state index contributed by atoms with van der Waals surface area (Å²) in [7, 11) is 0. The number of nitrogens with zero attached hydrogens (tertiary/aromatic N) is 2. The highest BCUT2D eigenvalue weighted by Crippen LogP contribution is 2.36. The second-order valence-corrected chi connectivity index (χ2v) is 4.59. The molecule has 0 aliphatic heterocycles. The number of hydrogen-bond donors (Lipinski definition) is 0. The maximum absolute atomic E-state index is 12.7. The molecule has 102 valence electrons. The van der Waals surface area contributed by atoms with Crippen molar-refractivity contribution in [3.8, 4) is 17.3 Å². The molecule has 0 spiro atoms. The molecule has 0 aliphatic rings. The molecule has 0 N–H and O–H groups in total. The van der Waals surface area contributed by atoms with Gasteiger partial charge in [0.05, 0.1) is 21.3 Å². The van der Waals surface area contributed by atoms with Gasteiger partial charge >= 0.3 is 6.18 Å². The van der Waals surface area contributed by atoms with Crippen molar-refractivity contribution in [3.05, 3.63) is 51.6 Å². The first-order valence-corrected chi connectivity index (χ1v) is 6.03. The van der Waals surface area contributed by atoms with Gasteiger partial charge in [0.15, 0.2) is 0 Å². The molecule has 0 amide bonds. The number of pyridine rings is 1. The van der Waals surface area contributed by atoms with Crippen molar-refractivity contribution in [2.75, 3.05) is 0 Å². The maximum atomic E-state index is 12.7. The molecule has 0 unspecified atom stereocenters. The Balaban J connectivity index is 2.72. The lowest BCUT2D eigenvalue weighted by atomic mass is 10.1. The highest BCUT2D eigenvalue weighted by Gasteiger charge is 2.33. The van der Waals surface area contributed by atoms with E-state index in [4.69, 9.17) is 28.5 Å². The summed E-state index contributed by atoms with van der Waals surface area (Å²) in [4.78, 5) is 3.50. The first kappa shape index (κ1) is 14.6. The third-order valence-electron chi connectivity index (χ3n) is 2.51. The molecule has 0 atom stereocenters. The van der Waals surface area contributed by atoms with Crippen LogP contribution in [0, 0.1) is 11.3 Å². The van der Waals surface area contributed by atoms with E-state index >= 15 is 0 Å². The van der Waals surface area contributed by atoms with Gasteiger partial charge in [-0.15, -0.1) is 0 Å². The van der Waals surface area contributed by atoms with Crippen LogP contribution in [0.15, 0.2) is 30.3 Å². The SMILES string of the molecule is N#Cc1ccc(C(F)(F)F)nc1-c1cccc(Cl)c1Cl. The number of alkyl halides is 3. The van der Waals surface area contributed by atoms with E-state index in [-0.39, 0.29) is 26.9 Å². The lowest BCUT2D eigenvalue weighted by Gasteiger charge is -2.11. The molecule has 1 aromatic carbocycles. The van der Waals surface area contributed by atoms with E-state index in [9.17, 15) is 13.2 Å². The monoisotopic (exact) mass is 316 g/mol. The highest BCUT2D eigenvalue weighted by molar-refractivity contribution is 6.43. The Bertz CT molecular complexity index is 706. The Kier molecular flexibility index (Phi) is 3.89. The van der Waals surface area contributed by atoms with Gasteiger partial charge in [-0.1, -0.05) is 35.3 Å². The second-order valence-electron chi connectivity index (χ2n) is 3.80. The molecule has 2 nitrogen and oxygen atoms in total. The Hall–Kier alpha value is -1.77. The summed E-state index contributed by atoms with van der Waals surface area (Å²) in [6.07, 6.45) is -4.60. The Morgan fingerprint density at radius 2 is 1.80 bits per heavy atom. The van der Waals surface area contributed by atoms with Crippen molar-refractivity contribution in [1.29, 1.82) is 5.26 Å². The van der Waals surface area contributed by atoms with Crippen LogP contribution in [0.2, 0.25) is 10.0 Å². The molecule has 1 aromatic heterocycles. The molecule has 0 fully saturated rings. The quantitative estimate of drug-likeness (QED) is 0.746. The minimum absolute atomic E-state index is 0.0119. The molecule has 2 aromatic rings. The molecule has 1 heterocycles. The van der Waals surface area contributed by atoms with Gasteiger partial charge in [-0.3, -0.25) is 0 Å². The van der Waals surface area contributed by atoms with Gasteiger partial charge in [0.2, 0.25) is 0 Å². The average Bonchev–Trinajstić information content (AvgIpc) is 2.40. The standard InChI is InChI=1S/C13H5Cl2F3N2/c14-9-3-1-2-8(11(9)15)12-7(6-19)4-5-10(20-12)13(16,17)18/h1-5H. The molecular formula is C13H5Cl2F3N2. The van der Waals surface area contributed by atoms with Crippen molar-refractivity contribution in [2.45, 2.75) is 6.18 Å². The van der Waals surface area contributed by atoms with Crippen LogP contribution < -0.4 is 0 Å². The molecule has 0 bridgehead atoms. The predicted octanol–water partition coefficient (Wildman–Crippen LogP) is 4.95. The Morgan fingerprint density at radius 3 is 2.40 bits per heavy atom. The highest BCUT2D eigenvalue weighted by atomic mass is 35.5. The Morgan fingerprint density at radius 1 is 1.10 bits per heavy atom. The maximum Gasteiger partial charge on any atom is 0.433 e. The number of aromatic nitrogens is 1. The zero-order valence-electron chi connectivity index (χ0n) is 9.67. The van der Waals surface area contributed by atoms with Gasteiger partial charge in [0.25, 0.3) is 0 Å². The van der Waals surface area contributed by atoms with Crippen molar-refractivity contribution in [1.82, 2.24) is 4.98 Å². The molecular weight excluding hydrogens is 312 g/mol. The number of nitriles is 1. The Labute approximate surface area is 122 Å². The fraction of sp³-hybridized carbons (Fsp3) is 0.0769. The lowest BCUT2D eigenvalue weighted by molar-refractivity contribution is -0.141. The van der Waals surface area contributed by atoms with Crippen molar-refractivity contribution >= 4 is 23.2 Å². The number of rotatable bonds is 1. The van der Waals surface area contributed by atoms with Gasteiger partial charge in [-0.05, 0) is 18.2 Å².